The molecule has 0 heterocycles. The molecule has 0 aliphatic heterocycles. The van der Waals surface area contributed by atoms with Gasteiger partial charge >= 0.3 is 0 Å². The van der Waals surface area contributed by atoms with Crippen LogP contribution in [0.5, 0.6) is 0 Å². The molecule has 48 valence electrons. The van der Waals surface area contributed by atoms with Crippen LogP contribution in [-0.2, 0) is 0 Å². The smallest absolute Gasteiger partial charge is 0.115 e. The van der Waals surface area contributed by atoms with Crippen LogP contribution in [0.1, 0.15) is 19.3 Å². The van der Waals surface area contributed by atoms with E-state index in [2.05, 4.69) is 5.32 Å². The van der Waals surface area contributed by atoms with Crippen molar-refractivity contribution in [1.29, 1.82) is 0 Å². The SMILES string of the molecule is CNC1CCCC1F. The van der Waals surface area contributed by atoms with Gasteiger partial charge in [0.15, 0.2) is 0 Å². The summed E-state index contributed by atoms with van der Waals surface area (Å²) in [6.07, 6.45) is 2.23. The highest BCUT2D eigenvalue weighted by Gasteiger charge is 2.24. The Balaban J connectivity index is 2.30. The van der Waals surface area contributed by atoms with Gasteiger partial charge in [-0.2, -0.15) is 0 Å². The second kappa shape index (κ2) is 2.44. The first-order valence-corrected chi connectivity index (χ1v) is 3.16. The number of hydrogen-bond acceptors (Lipinski definition) is 1. The Hall–Kier alpha value is -0.110. The van der Waals surface area contributed by atoms with Crippen LogP contribution in [0.25, 0.3) is 0 Å². The molecule has 1 N–H and O–H groups in total. The third kappa shape index (κ3) is 0.996. The van der Waals surface area contributed by atoms with E-state index in [9.17, 15) is 4.39 Å². The van der Waals surface area contributed by atoms with Gasteiger partial charge in [0.05, 0.1) is 0 Å². The molecule has 8 heavy (non-hydrogen) atoms. The van der Waals surface area contributed by atoms with Crippen molar-refractivity contribution in [1.82, 2.24) is 5.32 Å². The zero-order valence-corrected chi connectivity index (χ0v) is 5.15. The number of nitrogens with one attached hydrogen (secondary N) is 1. The van der Waals surface area contributed by atoms with E-state index in [1.807, 2.05) is 7.05 Å². The third-order valence-electron chi connectivity index (χ3n) is 1.80. The van der Waals surface area contributed by atoms with E-state index in [1.54, 1.807) is 0 Å². The lowest BCUT2D eigenvalue weighted by Crippen LogP contribution is -2.29. The Kier molecular flexibility index (Phi) is 1.84. The minimum atomic E-state index is -0.583. The highest BCUT2D eigenvalue weighted by molar-refractivity contribution is 4.81. The average molecular weight is 117 g/mol. The molecule has 0 radical (unpaired) electrons. The largest absolute Gasteiger partial charge is 0.314 e. The van der Waals surface area contributed by atoms with Crippen LogP contribution in [0.2, 0.25) is 0 Å². The Labute approximate surface area is 49.3 Å². The molecule has 0 aromatic rings. The van der Waals surface area contributed by atoms with E-state index in [1.165, 1.54) is 0 Å². The highest BCUT2D eigenvalue weighted by atomic mass is 19.1. The van der Waals surface area contributed by atoms with Gasteiger partial charge in [-0.05, 0) is 26.3 Å². The third-order valence-corrected chi connectivity index (χ3v) is 1.80. The van der Waals surface area contributed by atoms with E-state index >= 15 is 0 Å². The highest BCUT2D eigenvalue weighted by Crippen LogP contribution is 2.20. The molecule has 2 atom stereocenters. The number of alkyl halides is 1. The van der Waals surface area contributed by atoms with Gasteiger partial charge in [-0.3, -0.25) is 0 Å². The molecule has 0 amide bonds. The van der Waals surface area contributed by atoms with E-state index in [0.717, 1.165) is 19.3 Å². The predicted octanol–water partition coefficient (Wildman–Crippen LogP) is 1.10. The molecule has 0 aromatic heterocycles. The van der Waals surface area contributed by atoms with Gasteiger partial charge in [0, 0.05) is 6.04 Å². The van der Waals surface area contributed by atoms with Crippen LogP contribution in [0.3, 0.4) is 0 Å². The van der Waals surface area contributed by atoms with Gasteiger partial charge in [0.2, 0.25) is 0 Å². The number of hydrogen-bond donors (Lipinski definition) is 1. The van der Waals surface area contributed by atoms with Crippen molar-refractivity contribution in [2.45, 2.75) is 31.5 Å². The molecule has 2 unspecified atom stereocenters. The zero-order valence-electron chi connectivity index (χ0n) is 5.15. The van der Waals surface area contributed by atoms with Crippen LogP contribution in [0, 0.1) is 0 Å². The lowest BCUT2D eigenvalue weighted by Gasteiger charge is -2.08. The Morgan fingerprint density at radius 3 is 2.50 bits per heavy atom. The zero-order chi connectivity index (χ0) is 5.98. The molecular formula is C6H12FN. The summed E-state index contributed by atoms with van der Waals surface area (Å²) in [4.78, 5) is 0. The van der Waals surface area contributed by atoms with Crippen LogP contribution in [0.15, 0.2) is 0 Å². The lowest BCUT2D eigenvalue weighted by molar-refractivity contribution is 0.289. The summed E-state index contributed by atoms with van der Waals surface area (Å²) in [5.41, 5.74) is 0. The maximum Gasteiger partial charge on any atom is 0.115 e. The van der Waals surface area contributed by atoms with Gasteiger partial charge < -0.3 is 5.32 Å². The molecule has 1 nitrogen and oxygen atoms in total. The summed E-state index contributed by atoms with van der Waals surface area (Å²) in [6, 6.07) is 0.148. The van der Waals surface area contributed by atoms with Crippen LogP contribution < -0.4 is 5.32 Å². The lowest BCUT2D eigenvalue weighted by atomic mass is 10.2. The number of rotatable bonds is 1. The monoisotopic (exact) mass is 117 g/mol. The summed E-state index contributed by atoms with van der Waals surface area (Å²) in [6.45, 7) is 0. The molecular weight excluding hydrogens is 105 g/mol. The molecule has 0 aromatic carbocycles. The summed E-state index contributed by atoms with van der Waals surface area (Å²) >= 11 is 0. The van der Waals surface area contributed by atoms with Crippen LogP contribution in [-0.4, -0.2) is 19.3 Å². The van der Waals surface area contributed by atoms with Crippen molar-refractivity contribution in [3.8, 4) is 0 Å². The summed E-state index contributed by atoms with van der Waals surface area (Å²) in [5.74, 6) is 0. The summed E-state index contributed by atoms with van der Waals surface area (Å²) in [7, 11) is 1.82. The molecule has 1 saturated carbocycles. The second-order valence-electron chi connectivity index (χ2n) is 2.34. The van der Waals surface area contributed by atoms with Crippen molar-refractivity contribution in [2.75, 3.05) is 7.05 Å². The van der Waals surface area contributed by atoms with Crippen molar-refractivity contribution in [3.05, 3.63) is 0 Å². The van der Waals surface area contributed by atoms with Gasteiger partial charge in [-0.1, -0.05) is 0 Å². The fourth-order valence-electron chi connectivity index (χ4n) is 1.24. The molecule has 0 saturated heterocycles. The quantitative estimate of drug-likeness (QED) is 0.542. The Bertz CT molecular complexity index is 74.9. The summed E-state index contributed by atoms with van der Waals surface area (Å²) in [5, 5.41) is 2.94. The topological polar surface area (TPSA) is 12.0 Å². The molecule has 1 aliphatic rings. The minimum Gasteiger partial charge on any atom is -0.314 e. The van der Waals surface area contributed by atoms with Crippen molar-refractivity contribution >= 4 is 0 Å². The fraction of sp³-hybridized carbons (Fsp3) is 1.00. The van der Waals surface area contributed by atoms with E-state index in [4.69, 9.17) is 0 Å². The van der Waals surface area contributed by atoms with E-state index in [-0.39, 0.29) is 6.04 Å². The predicted molar refractivity (Wildman–Crippen MR) is 31.6 cm³/mol. The van der Waals surface area contributed by atoms with E-state index < -0.39 is 6.17 Å². The Morgan fingerprint density at radius 1 is 1.50 bits per heavy atom. The summed E-state index contributed by atoms with van der Waals surface area (Å²) < 4.78 is 12.5. The number of halogens is 1. The Morgan fingerprint density at radius 2 is 2.25 bits per heavy atom. The first-order chi connectivity index (χ1) is 3.84. The van der Waals surface area contributed by atoms with Gasteiger partial charge in [-0.15, -0.1) is 0 Å². The standard InChI is InChI=1S/C6H12FN/c1-8-6-4-2-3-5(6)7/h5-6,8H,2-4H2,1H3. The van der Waals surface area contributed by atoms with E-state index in [0.29, 0.717) is 0 Å². The first kappa shape index (κ1) is 6.02. The van der Waals surface area contributed by atoms with Crippen LogP contribution >= 0.6 is 0 Å². The molecule has 0 spiro atoms. The molecule has 2 heteroatoms. The van der Waals surface area contributed by atoms with Gasteiger partial charge in [0.1, 0.15) is 6.17 Å². The van der Waals surface area contributed by atoms with Crippen molar-refractivity contribution < 1.29 is 4.39 Å². The second-order valence-corrected chi connectivity index (χ2v) is 2.34. The van der Waals surface area contributed by atoms with Gasteiger partial charge in [-0.25, -0.2) is 4.39 Å². The van der Waals surface area contributed by atoms with Crippen molar-refractivity contribution in [3.63, 3.8) is 0 Å². The minimum absolute atomic E-state index is 0.148. The molecule has 0 bridgehead atoms. The molecule has 1 aliphatic carbocycles. The molecule has 1 rings (SSSR count). The van der Waals surface area contributed by atoms with Gasteiger partial charge in [0.25, 0.3) is 0 Å². The van der Waals surface area contributed by atoms with Crippen molar-refractivity contribution in [2.24, 2.45) is 0 Å². The maximum absolute atomic E-state index is 12.5. The van der Waals surface area contributed by atoms with Crippen LogP contribution in [0.4, 0.5) is 4.39 Å². The normalized spacial score (nSPS) is 38.2. The first-order valence-electron chi connectivity index (χ1n) is 3.16. The fourth-order valence-corrected chi connectivity index (χ4v) is 1.24. The average Bonchev–Trinajstić information content (AvgIpc) is 2.14. The maximum atomic E-state index is 12.5. The molecule has 1 fully saturated rings.